The van der Waals surface area contributed by atoms with Gasteiger partial charge in [0.1, 0.15) is 5.76 Å². The van der Waals surface area contributed by atoms with Crippen molar-refractivity contribution in [3.05, 3.63) is 87.5 Å². The van der Waals surface area contributed by atoms with Gasteiger partial charge in [0.15, 0.2) is 11.6 Å². The standard InChI is InChI=1S/C20H13ClO4/c1-24-20-17-15(10-16(25-20)11-6-8-12(21)9-7-11)18(22)13-4-2-3-5-14(13)19(17)23/h2-10,20H,1H3. The number of halogens is 1. The molecule has 0 aromatic heterocycles. The first-order valence-corrected chi connectivity index (χ1v) is 8.07. The molecule has 5 heteroatoms. The zero-order chi connectivity index (χ0) is 17.6. The Labute approximate surface area is 149 Å². The van der Waals surface area contributed by atoms with Crippen molar-refractivity contribution in [3.8, 4) is 0 Å². The Kier molecular flexibility index (Phi) is 3.79. The van der Waals surface area contributed by atoms with Crippen molar-refractivity contribution in [2.75, 3.05) is 7.11 Å². The summed E-state index contributed by atoms with van der Waals surface area (Å²) in [6.07, 6.45) is 0.667. The molecule has 0 bridgehead atoms. The Morgan fingerprint density at radius 3 is 2.24 bits per heavy atom. The molecular formula is C20H13ClO4. The van der Waals surface area contributed by atoms with E-state index in [0.717, 1.165) is 5.56 Å². The fourth-order valence-electron chi connectivity index (χ4n) is 3.06. The molecule has 0 N–H and O–H groups in total. The molecule has 2 aromatic carbocycles. The first-order valence-electron chi connectivity index (χ1n) is 7.70. The minimum Gasteiger partial charge on any atom is -0.460 e. The molecule has 4 nitrogen and oxygen atoms in total. The molecule has 1 aliphatic carbocycles. The van der Waals surface area contributed by atoms with Crippen LogP contribution in [0.1, 0.15) is 26.3 Å². The number of Topliss-reactive ketones (excluding diaryl/α,β-unsaturated/α-hetero) is 2. The van der Waals surface area contributed by atoms with E-state index in [9.17, 15) is 9.59 Å². The predicted molar refractivity (Wildman–Crippen MR) is 93.4 cm³/mol. The molecule has 124 valence electrons. The van der Waals surface area contributed by atoms with Gasteiger partial charge in [-0.05, 0) is 30.3 Å². The number of hydrogen-bond acceptors (Lipinski definition) is 4. The topological polar surface area (TPSA) is 52.6 Å². The number of carbonyl (C=O) groups is 2. The van der Waals surface area contributed by atoms with Crippen LogP contribution in [0, 0.1) is 0 Å². The van der Waals surface area contributed by atoms with Crippen LogP contribution in [0.15, 0.2) is 65.8 Å². The Morgan fingerprint density at radius 1 is 0.960 bits per heavy atom. The molecule has 0 saturated carbocycles. The highest BCUT2D eigenvalue weighted by Gasteiger charge is 2.39. The zero-order valence-corrected chi connectivity index (χ0v) is 14.0. The fourth-order valence-corrected chi connectivity index (χ4v) is 3.19. The van der Waals surface area contributed by atoms with Crippen molar-refractivity contribution < 1.29 is 19.1 Å². The summed E-state index contributed by atoms with van der Waals surface area (Å²) >= 11 is 5.92. The van der Waals surface area contributed by atoms with Crippen LogP contribution >= 0.6 is 11.6 Å². The number of methoxy groups -OCH3 is 1. The summed E-state index contributed by atoms with van der Waals surface area (Å²) in [6, 6.07) is 13.8. The Morgan fingerprint density at radius 2 is 1.60 bits per heavy atom. The average molecular weight is 353 g/mol. The van der Waals surface area contributed by atoms with Crippen molar-refractivity contribution in [2.24, 2.45) is 0 Å². The SMILES string of the molecule is COC1OC(c2ccc(Cl)cc2)=CC2=C1C(=O)c1ccccc1C2=O. The average Bonchev–Trinajstić information content (AvgIpc) is 2.65. The van der Waals surface area contributed by atoms with Crippen LogP contribution < -0.4 is 0 Å². The molecule has 0 radical (unpaired) electrons. The van der Waals surface area contributed by atoms with Crippen molar-refractivity contribution in [1.82, 2.24) is 0 Å². The van der Waals surface area contributed by atoms with Gasteiger partial charge in [-0.25, -0.2) is 0 Å². The van der Waals surface area contributed by atoms with Gasteiger partial charge >= 0.3 is 0 Å². The van der Waals surface area contributed by atoms with Crippen LogP contribution in [0.25, 0.3) is 5.76 Å². The quantitative estimate of drug-likeness (QED) is 0.818. The maximum Gasteiger partial charge on any atom is 0.231 e. The third-order valence-electron chi connectivity index (χ3n) is 4.28. The van der Waals surface area contributed by atoms with E-state index in [4.69, 9.17) is 21.1 Å². The molecule has 2 aromatic rings. The smallest absolute Gasteiger partial charge is 0.231 e. The third kappa shape index (κ3) is 2.51. The van der Waals surface area contributed by atoms with Gasteiger partial charge in [0.05, 0.1) is 5.57 Å². The van der Waals surface area contributed by atoms with Crippen molar-refractivity contribution >= 4 is 28.9 Å². The number of benzene rings is 2. The Hall–Kier alpha value is -2.69. The fraction of sp³-hybridized carbons (Fsp3) is 0.100. The predicted octanol–water partition coefficient (Wildman–Crippen LogP) is 4.06. The largest absolute Gasteiger partial charge is 0.460 e. The van der Waals surface area contributed by atoms with Gasteiger partial charge in [-0.15, -0.1) is 0 Å². The molecule has 0 spiro atoms. The van der Waals surface area contributed by atoms with E-state index in [2.05, 4.69) is 0 Å². The Balaban J connectivity index is 1.88. The second-order valence-electron chi connectivity index (χ2n) is 5.73. The molecule has 0 saturated heterocycles. The molecule has 25 heavy (non-hydrogen) atoms. The van der Waals surface area contributed by atoms with Gasteiger partial charge in [0.2, 0.25) is 6.29 Å². The highest BCUT2D eigenvalue weighted by molar-refractivity contribution is 6.30. The van der Waals surface area contributed by atoms with Crippen LogP contribution in [0.5, 0.6) is 0 Å². The highest BCUT2D eigenvalue weighted by atomic mass is 35.5. The van der Waals surface area contributed by atoms with E-state index in [0.29, 0.717) is 27.5 Å². The Bertz CT molecular complexity index is 954. The van der Waals surface area contributed by atoms with Gasteiger partial charge in [0, 0.05) is 34.4 Å². The number of carbonyl (C=O) groups excluding carboxylic acids is 2. The second kappa shape index (κ2) is 5.99. The first kappa shape index (κ1) is 15.8. The van der Waals surface area contributed by atoms with Gasteiger partial charge in [-0.1, -0.05) is 35.9 Å². The number of ether oxygens (including phenoxy) is 2. The van der Waals surface area contributed by atoms with Crippen molar-refractivity contribution in [3.63, 3.8) is 0 Å². The van der Waals surface area contributed by atoms with Gasteiger partial charge in [-0.2, -0.15) is 0 Å². The van der Waals surface area contributed by atoms with E-state index >= 15 is 0 Å². The van der Waals surface area contributed by atoms with E-state index in [-0.39, 0.29) is 17.1 Å². The second-order valence-corrected chi connectivity index (χ2v) is 6.17. The minimum atomic E-state index is -0.935. The highest BCUT2D eigenvalue weighted by Crippen LogP contribution is 2.37. The lowest BCUT2D eigenvalue weighted by Gasteiger charge is -2.30. The molecule has 2 aliphatic rings. The lowest BCUT2D eigenvalue weighted by Crippen LogP contribution is -2.33. The number of hydrogen-bond donors (Lipinski definition) is 0. The van der Waals surface area contributed by atoms with Crippen molar-refractivity contribution in [2.45, 2.75) is 6.29 Å². The van der Waals surface area contributed by atoms with Crippen LogP contribution in [0.2, 0.25) is 5.02 Å². The van der Waals surface area contributed by atoms with Gasteiger partial charge in [-0.3, -0.25) is 9.59 Å². The lowest BCUT2D eigenvalue weighted by atomic mass is 9.82. The molecule has 0 fully saturated rings. The molecule has 1 heterocycles. The first-order chi connectivity index (χ1) is 12.1. The molecule has 1 unspecified atom stereocenters. The summed E-state index contributed by atoms with van der Waals surface area (Å²) in [5, 5.41) is 0.598. The van der Waals surface area contributed by atoms with E-state index in [1.165, 1.54) is 7.11 Å². The summed E-state index contributed by atoms with van der Waals surface area (Å²) in [7, 11) is 1.44. The van der Waals surface area contributed by atoms with Crippen LogP contribution in [0.4, 0.5) is 0 Å². The number of ketones is 2. The molecule has 4 rings (SSSR count). The molecule has 0 amide bonds. The van der Waals surface area contributed by atoms with Gasteiger partial charge in [0.25, 0.3) is 0 Å². The summed E-state index contributed by atoms with van der Waals surface area (Å²) < 4.78 is 11.2. The zero-order valence-electron chi connectivity index (χ0n) is 13.3. The van der Waals surface area contributed by atoms with Crippen LogP contribution in [0.3, 0.4) is 0 Å². The van der Waals surface area contributed by atoms with Crippen molar-refractivity contribution in [1.29, 1.82) is 0 Å². The summed E-state index contributed by atoms with van der Waals surface area (Å²) in [6.45, 7) is 0. The summed E-state index contributed by atoms with van der Waals surface area (Å²) in [4.78, 5) is 25.7. The third-order valence-corrected chi connectivity index (χ3v) is 4.54. The van der Waals surface area contributed by atoms with Gasteiger partial charge < -0.3 is 9.47 Å². The van der Waals surface area contributed by atoms with E-state index in [1.54, 1.807) is 54.6 Å². The van der Waals surface area contributed by atoms with E-state index in [1.807, 2.05) is 0 Å². The monoisotopic (exact) mass is 352 g/mol. The number of fused-ring (bicyclic) bond motifs is 1. The summed E-state index contributed by atoms with van der Waals surface area (Å²) in [5.74, 6) is 0.00766. The van der Waals surface area contributed by atoms with Crippen LogP contribution in [-0.2, 0) is 9.47 Å². The normalized spacial score (nSPS) is 19.1. The molecule has 1 atom stereocenters. The molecule has 1 aliphatic heterocycles. The number of allylic oxidation sites excluding steroid dienone is 2. The van der Waals surface area contributed by atoms with E-state index < -0.39 is 6.29 Å². The summed E-state index contributed by atoms with van der Waals surface area (Å²) in [5.41, 5.74) is 2.07. The molecular weight excluding hydrogens is 340 g/mol. The number of rotatable bonds is 2. The lowest BCUT2D eigenvalue weighted by molar-refractivity contribution is -0.0449. The van der Waals surface area contributed by atoms with Crippen LogP contribution in [-0.4, -0.2) is 25.0 Å². The maximum absolute atomic E-state index is 12.9. The maximum atomic E-state index is 12.9. The minimum absolute atomic E-state index is 0.206.